The third-order valence-electron chi connectivity index (χ3n) is 8.98. The van der Waals surface area contributed by atoms with Gasteiger partial charge in [0.25, 0.3) is 0 Å². The number of piperidine rings is 1. The largest absolute Gasteiger partial charge is 0.493 e. The van der Waals surface area contributed by atoms with Crippen LogP contribution in [0.5, 0.6) is 5.75 Å². The van der Waals surface area contributed by atoms with Crippen LogP contribution in [0.2, 0.25) is 0 Å². The summed E-state index contributed by atoms with van der Waals surface area (Å²) in [5.41, 5.74) is 6.62. The second kappa shape index (κ2) is 14.5. The SMILES string of the molecule is Cc1ccc(Nc2nc(C)c(C(OC(C)(C)C)C(=O)O)c(N3CCC(C)(C)CC3)c2-c2ccc(OCCc3ccc(F)cc3)cc2)c(C)n1. The average Bonchev–Trinajstić information content (AvgIpc) is 3.02. The number of ether oxygens (including phenoxy) is 2. The summed E-state index contributed by atoms with van der Waals surface area (Å²) in [6, 6.07) is 18.2. The van der Waals surface area contributed by atoms with Crippen molar-refractivity contribution in [3.8, 4) is 16.9 Å². The predicted molar refractivity (Wildman–Crippen MR) is 193 cm³/mol. The van der Waals surface area contributed by atoms with E-state index in [1.807, 2.05) is 77.9 Å². The molecule has 2 N–H and O–H groups in total. The second-order valence-electron chi connectivity index (χ2n) is 14.7. The number of hydrogen-bond donors (Lipinski definition) is 2. The maximum atomic E-state index is 13.3. The molecule has 260 valence electrons. The van der Waals surface area contributed by atoms with E-state index in [0.29, 0.717) is 35.9 Å². The van der Waals surface area contributed by atoms with E-state index in [1.54, 1.807) is 12.1 Å². The number of anilines is 3. The van der Waals surface area contributed by atoms with Gasteiger partial charge >= 0.3 is 5.97 Å². The van der Waals surface area contributed by atoms with Gasteiger partial charge in [0, 0.05) is 42.0 Å². The van der Waals surface area contributed by atoms with Gasteiger partial charge in [-0.3, -0.25) is 4.98 Å². The van der Waals surface area contributed by atoms with Crippen LogP contribution in [0.4, 0.5) is 21.6 Å². The molecule has 0 aliphatic carbocycles. The minimum atomic E-state index is -1.23. The van der Waals surface area contributed by atoms with Crippen LogP contribution >= 0.6 is 0 Å². The van der Waals surface area contributed by atoms with E-state index >= 15 is 0 Å². The zero-order valence-electron chi connectivity index (χ0n) is 30.0. The highest BCUT2D eigenvalue weighted by molar-refractivity contribution is 5.93. The predicted octanol–water partition coefficient (Wildman–Crippen LogP) is 9.14. The van der Waals surface area contributed by atoms with Crippen LogP contribution < -0.4 is 15.0 Å². The van der Waals surface area contributed by atoms with E-state index in [-0.39, 0.29) is 11.2 Å². The fourth-order valence-electron chi connectivity index (χ4n) is 6.23. The summed E-state index contributed by atoms with van der Waals surface area (Å²) in [6.45, 7) is 17.9. The average molecular weight is 669 g/mol. The maximum Gasteiger partial charge on any atom is 0.337 e. The molecule has 1 aliphatic rings. The molecule has 0 bridgehead atoms. The highest BCUT2D eigenvalue weighted by atomic mass is 19.1. The smallest absolute Gasteiger partial charge is 0.337 e. The summed E-state index contributed by atoms with van der Waals surface area (Å²) in [6.07, 6.45) is 1.32. The third kappa shape index (κ3) is 8.95. The van der Waals surface area contributed by atoms with Crippen molar-refractivity contribution in [1.82, 2.24) is 9.97 Å². The first-order valence-corrected chi connectivity index (χ1v) is 17.0. The van der Waals surface area contributed by atoms with Crippen molar-refractivity contribution in [3.63, 3.8) is 0 Å². The molecular formula is C40H49FN4O4. The molecule has 0 saturated carbocycles. The Morgan fingerprint density at radius 3 is 2.20 bits per heavy atom. The molecule has 0 amide bonds. The molecule has 1 atom stereocenters. The fraction of sp³-hybridized carbons (Fsp3) is 0.425. The van der Waals surface area contributed by atoms with Gasteiger partial charge in [-0.2, -0.15) is 0 Å². The molecule has 8 nitrogen and oxygen atoms in total. The van der Waals surface area contributed by atoms with Crippen LogP contribution in [-0.2, 0) is 16.0 Å². The van der Waals surface area contributed by atoms with Crippen molar-refractivity contribution in [1.29, 1.82) is 0 Å². The summed E-state index contributed by atoms with van der Waals surface area (Å²) in [5, 5.41) is 14.2. The summed E-state index contributed by atoms with van der Waals surface area (Å²) in [7, 11) is 0. The lowest BCUT2D eigenvalue weighted by Gasteiger charge is -2.41. The van der Waals surface area contributed by atoms with Crippen molar-refractivity contribution in [2.45, 2.75) is 86.4 Å². The first kappa shape index (κ1) is 35.8. The number of aliphatic carboxylic acids is 1. The van der Waals surface area contributed by atoms with Crippen molar-refractivity contribution in [2.24, 2.45) is 5.41 Å². The Kier molecular flexibility index (Phi) is 10.6. The van der Waals surface area contributed by atoms with Gasteiger partial charge in [-0.05, 0) is 107 Å². The molecule has 1 aliphatic heterocycles. The fourth-order valence-corrected chi connectivity index (χ4v) is 6.23. The zero-order valence-corrected chi connectivity index (χ0v) is 30.0. The monoisotopic (exact) mass is 668 g/mol. The molecule has 1 saturated heterocycles. The van der Waals surface area contributed by atoms with Crippen molar-refractivity contribution >= 4 is 23.2 Å². The number of carboxylic acid groups (broad SMARTS) is 1. The molecule has 1 fully saturated rings. The van der Waals surface area contributed by atoms with Crippen LogP contribution in [-0.4, -0.2) is 46.3 Å². The number of carbonyl (C=O) groups is 1. The number of aryl methyl sites for hydroxylation is 3. The lowest BCUT2D eigenvalue weighted by molar-refractivity contribution is -0.160. The Hall–Kier alpha value is -4.50. The Morgan fingerprint density at radius 2 is 1.61 bits per heavy atom. The van der Waals surface area contributed by atoms with Crippen LogP contribution in [0.15, 0.2) is 60.7 Å². The number of pyridine rings is 2. The molecule has 2 aromatic carbocycles. The number of carboxylic acids is 1. The number of benzene rings is 2. The number of halogens is 1. The summed E-state index contributed by atoms with van der Waals surface area (Å²) < 4.78 is 25.7. The Labute approximate surface area is 289 Å². The zero-order chi connectivity index (χ0) is 35.5. The number of nitrogens with zero attached hydrogens (tertiary/aromatic N) is 3. The van der Waals surface area contributed by atoms with Gasteiger partial charge < -0.3 is 24.8 Å². The summed E-state index contributed by atoms with van der Waals surface area (Å²) in [4.78, 5) is 25.0. The summed E-state index contributed by atoms with van der Waals surface area (Å²) in [5.74, 6) is -0.0165. The van der Waals surface area contributed by atoms with Gasteiger partial charge in [0.2, 0.25) is 0 Å². The Balaban J connectivity index is 1.64. The van der Waals surface area contributed by atoms with Crippen LogP contribution in [0.25, 0.3) is 11.1 Å². The molecule has 4 aromatic rings. The molecular weight excluding hydrogens is 619 g/mol. The molecule has 5 rings (SSSR count). The molecule has 3 heterocycles. The highest BCUT2D eigenvalue weighted by Crippen LogP contribution is 2.47. The normalized spacial score (nSPS) is 15.2. The molecule has 49 heavy (non-hydrogen) atoms. The van der Waals surface area contributed by atoms with Crippen molar-refractivity contribution in [2.75, 3.05) is 29.9 Å². The van der Waals surface area contributed by atoms with Crippen LogP contribution in [0.1, 0.15) is 81.8 Å². The van der Waals surface area contributed by atoms with Gasteiger partial charge in [-0.15, -0.1) is 0 Å². The second-order valence-corrected chi connectivity index (χ2v) is 14.7. The molecule has 0 spiro atoms. The Bertz CT molecular complexity index is 1770. The maximum absolute atomic E-state index is 13.3. The number of hydrogen-bond acceptors (Lipinski definition) is 7. The Morgan fingerprint density at radius 1 is 0.959 bits per heavy atom. The quantitative estimate of drug-likeness (QED) is 0.163. The standard InChI is InChI=1S/C40H49FN4O4/c1-25-9-18-32(26(2)42-25)44-37-34(29-12-16-31(17-13-29)48-24-19-28-10-14-30(41)15-11-28)35(45-22-20-40(7,8)21-23-45)33(27(3)43-37)36(38(46)47)49-39(4,5)6/h9-18,36H,19-24H2,1-8H3,(H,43,44)(H,46,47). The number of aromatic nitrogens is 2. The molecule has 1 unspecified atom stereocenters. The van der Waals surface area contributed by atoms with E-state index in [2.05, 4.69) is 29.0 Å². The number of rotatable bonds is 11. The lowest BCUT2D eigenvalue weighted by Crippen LogP contribution is -2.39. The van der Waals surface area contributed by atoms with E-state index < -0.39 is 17.7 Å². The van der Waals surface area contributed by atoms with Gasteiger partial charge in [0.1, 0.15) is 17.4 Å². The van der Waals surface area contributed by atoms with E-state index in [1.165, 1.54) is 12.1 Å². The lowest BCUT2D eigenvalue weighted by atomic mass is 9.82. The van der Waals surface area contributed by atoms with Gasteiger partial charge in [-0.1, -0.05) is 38.1 Å². The van der Waals surface area contributed by atoms with Crippen LogP contribution in [0, 0.1) is 32.0 Å². The van der Waals surface area contributed by atoms with Gasteiger partial charge in [0.15, 0.2) is 6.10 Å². The minimum absolute atomic E-state index is 0.172. The van der Waals surface area contributed by atoms with E-state index in [0.717, 1.165) is 65.4 Å². The van der Waals surface area contributed by atoms with Gasteiger partial charge in [-0.25, -0.2) is 14.2 Å². The topological polar surface area (TPSA) is 96.8 Å². The molecule has 0 radical (unpaired) electrons. The van der Waals surface area contributed by atoms with Crippen molar-refractivity contribution < 1.29 is 23.8 Å². The first-order chi connectivity index (χ1) is 23.1. The third-order valence-corrected chi connectivity index (χ3v) is 8.98. The summed E-state index contributed by atoms with van der Waals surface area (Å²) >= 11 is 0. The van der Waals surface area contributed by atoms with Crippen LogP contribution in [0.3, 0.4) is 0 Å². The van der Waals surface area contributed by atoms with E-state index in [4.69, 9.17) is 14.5 Å². The van der Waals surface area contributed by atoms with Gasteiger partial charge in [0.05, 0.1) is 29.3 Å². The first-order valence-electron chi connectivity index (χ1n) is 17.0. The minimum Gasteiger partial charge on any atom is -0.493 e. The number of nitrogens with one attached hydrogen (secondary N) is 1. The van der Waals surface area contributed by atoms with Crippen molar-refractivity contribution in [3.05, 3.63) is 94.7 Å². The molecule has 9 heteroatoms. The van der Waals surface area contributed by atoms with E-state index in [9.17, 15) is 14.3 Å². The molecule has 2 aromatic heterocycles. The highest BCUT2D eigenvalue weighted by Gasteiger charge is 2.37.